The van der Waals surface area contributed by atoms with Crippen LogP contribution in [0.4, 0.5) is 0 Å². The molecular weight excluding hydrogens is 331 g/mol. The minimum Gasteiger partial charge on any atom is -0.392 e. The zero-order valence-electron chi connectivity index (χ0n) is 5.50. The van der Waals surface area contributed by atoms with Crippen molar-refractivity contribution in [2.45, 2.75) is 25.9 Å². The number of hydrogen-bond acceptors (Lipinski definition) is 2. The normalized spacial score (nSPS) is 34.2. The first-order valence-corrected chi connectivity index (χ1v) is 2.90. The van der Waals surface area contributed by atoms with E-state index in [1.807, 2.05) is 6.92 Å². The van der Waals surface area contributed by atoms with Crippen LogP contribution in [-0.4, -0.2) is 17.0 Å². The quantitative estimate of drug-likeness (QED) is 0.690. The molecule has 0 amide bonds. The maximum Gasteiger partial charge on any atom is 0.135 e. The summed E-state index contributed by atoms with van der Waals surface area (Å²) >= 11 is 0. The van der Waals surface area contributed by atoms with Crippen molar-refractivity contribution in [3.05, 3.63) is 0 Å². The Morgan fingerprint density at radius 1 is 1.56 bits per heavy atom. The third kappa shape index (κ3) is 2.65. The molecule has 2 atom stereocenters. The predicted octanol–water partition coefficient (Wildman–Crippen LogP) is 0.346. The zero-order chi connectivity index (χ0) is 6.15. The van der Waals surface area contributed by atoms with Crippen LogP contribution in [-0.2, 0) is 4.79 Å². The number of Topliss-reactive ketones (excluding diaryl/α,β-unsaturated/α-hetero) is 1. The fourth-order valence-corrected chi connectivity index (χ4v) is 1.01. The van der Waals surface area contributed by atoms with Gasteiger partial charge in [0.15, 0.2) is 0 Å². The standard InChI is InChI=1S/C6H10O2.Ac/c1-4-2-5(7)3-6(4)8;/h4,6,8H,2-3H2,1H3;/t4-,6-;/m1./s1. The number of ketones is 1. The number of carbonyl (C=O) groups is 1. The van der Waals surface area contributed by atoms with E-state index in [-0.39, 0.29) is 61.9 Å². The van der Waals surface area contributed by atoms with Gasteiger partial charge in [0.1, 0.15) is 5.78 Å². The maximum atomic E-state index is 10.5. The SMILES string of the molecule is C[C@@H]1CC(=O)C[C@H]1O.[Ac]. The molecule has 3 heteroatoms. The Labute approximate surface area is 90.6 Å². The molecule has 1 radical (unpaired) electrons. The topological polar surface area (TPSA) is 37.3 Å². The number of hydrogen-bond donors (Lipinski definition) is 1. The third-order valence-electron chi connectivity index (χ3n) is 1.64. The second-order valence-corrected chi connectivity index (χ2v) is 2.49. The van der Waals surface area contributed by atoms with E-state index in [0.29, 0.717) is 12.8 Å². The van der Waals surface area contributed by atoms with Crippen molar-refractivity contribution in [1.29, 1.82) is 0 Å². The van der Waals surface area contributed by atoms with Gasteiger partial charge in [-0.3, -0.25) is 4.79 Å². The van der Waals surface area contributed by atoms with Crippen molar-refractivity contribution >= 4 is 5.78 Å². The summed E-state index contributed by atoms with van der Waals surface area (Å²) in [5, 5.41) is 8.95. The monoisotopic (exact) mass is 341 g/mol. The Morgan fingerprint density at radius 2 is 2.11 bits per heavy atom. The van der Waals surface area contributed by atoms with E-state index in [1.54, 1.807) is 0 Å². The molecule has 0 bridgehead atoms. The molecule has 1 aliphatic carbocycles. The van der Waals surface area contributed by atoms with E-state index in [1.165, 1.54) is 0 Å². The molecule has 0 spiro atoms. The van der Waals surface area contributed by atoms with Gasteiger partial charge in [0.2, 0.25) is 0 Å². The molecule has 0 saturated heterocycles. The molecule has 0 aromatic heterocycles. The van der Waals surface area contributed by atoms with Crippen molar-refractivity contribution in [1.82, 2.24) is 0 Å². The van der Waals surface area contributed by atoms with E-state index in [2.05, 4.69) is 0 Å². The fourth-order valence-electron chi connectivity index (χ4n) is 1.01. The van der Waals surface area contributed by atoms with E-state index in [0.717, 1.165) is 0 Å². The Morgan fingerprint density at radius 3 is 2.22 bits per heavy atom. The molecule has 0 unspecified atom stereocenters. The first kappa shape index (κ1) is 10.1. The van der Waals surface area contributed by atoms with Crippen molar-refractivity contribution in [3.63, 3.8) is 0 Å². The molecule has 0 heterocycles. The van der Waals surface area contributed by atoms with Crippen LogP contribution in [0.15, 0.2) is 0 Å². The van der Waals surface area contributed by atoms with Crippen molar-refractivity contribution in [3.8, 4) is 0 Å². The molecule has 0 aromatic rings. The summed E-state index contributed by atoms with van der Waals surface area (Å²) in [7, 11) is 0. The molecule has 1 aliphatic rings. The Kier molecular flexibility index (Phi) is 4.54. The third-order valence-corrected chi connectivity index (χ3v) is 1.64. The average molecular weight is 341 g/mol. The van der Waals surface area contributed by atoms with Gasteiger partial charge in [0.05, 0.1) is 6.10 Å². The smallest absolute Gasteiger partial charge is 0.135 e. The molecule has 1 saturated carbocycles. The molecule has 49 valence electrons. The number of aliphatic hydroxyl groups excluding tert-OH is 1. The van der Waals surface area contributed by atoms with Crippen LogP contribution >= 0.6 is 0 Å². The van der Waals surface area contributed by atoms with Crippen LogP contribution in [0.1, 0.15) is 19.8 Å². The molecule has 0 aromatic carbocycles. The van der Waals surface area contributed by atoms with Gasteiger partial charge in [-0.05, 0) is 5.92 Å². The first-order chi connectivity index (χ1) is 3.70. The van der Waals surface area contributed by atoms with Gasteiger partial charge in [0.25, 0.3) is 0 Å². The maximum absolute atomic E-state index is 10.5. The summed E-state index contributed by atoms with van der Waals surface area (Å²) < 4.78 is 0. The molecule has 0 aliphatic heterocycles. The largest absolute Gasteiger partial charge is 0.392 e. The van der Waals surface area contributed by atoms with E-state index >= 15 is 0 Å². The molecule has 9 heavy (non-hydrogen) atoms. The Hall–Kier alpha value is 1.07. The summed E-state index contributed by atoms with van der Waals surface area (Å²) in [5.74, 6) is 0.396. The van der Waals surface area contributed by atoms with E-state index < -0.39 is 0 Å². The fraction of sp³-hybridized carbons (Fsp3) is 0.833. The van der Waals surface area contributed by atoms with Gasteiger partial charge in [-0.2, -0.15) is 0 Å². The summed E-state index contributed by atoms with van der Waals surface area (Å²) in [6.45, 7) is 1.90. The van der Waals surface area contributed by atoms with Crippen LogP contribution in [0.2, 0.25) is 0 Å². The van der Waals surface area contributed by atoms with Gasteiger partial charge in [-0.1, -0.05) is 6.92 Å². The Balaban J connectivity index is 0.000000640. The molecule has 2 nitrogen and oxygen atoms in total. The molecular formula is C6H10AcO2. The number of carbonyl (C=O) groups excluding carboxylic acids is 1. The van der Waals surface area contributed by atoms with Crippen LogP contribution < -0.4 is 0 Å². The summed E-state index contributed by atoms with van der Waals surface area (Å²) in [6.07, 6.45) is 0.588. The van der Waals surface area contributed by atoms with Crippen LogP contribution in [0, 0.1) is 50.0 Å². The summed E-state index contributed by atoms with van der Waals surface area (Å²) in [5.41, 5.74) is 0. The Bertz CT molecular complexity index is 102. The van der Waals surface area contributed by atoms with Crippen LogP contribution in [0.3, 0.4) is 0 Å². The van der Waals surface area contributed by atoms with Crippen molar-refractivity contribution < 1.29 is 54.0 Å². The van der Waals surface area contributed by atoms with E-state index in [4.69, 9.17) is 5.11 Å². The zero-order valence-corrected chi connectivity index (χ0v) is 10.2. The second-order valence-electron chi connectivity index (χ2n) is 2.49. The second kappa shape index (κ2) is 4.06. The summed E-state index contributed by atoms with van der Waals surface area (Å²) in [6, 6.07) is 0. The van der Waals surface area contributed by atoms with Crippen LogP contribution in [0.25, 0.3) is 0 Å². The number of rotatable bonds is 0. The van der Waals surface area contributed by atoms with Crippen molar-refractivity contribution in [2.24, 2.45) is 5.92 Å². The molecule has 1 fully saturated rings. The average Bonchev–Trinajstić information content (AvgIpc) is 1.85. The van der Waals surface area contributed by atoms with Gasteiger partial charge >= 0.3 is 0 Å². The summed E-state index contributed by atoms with van der Waals surface area (Å²) in [4.78, 5) is 10.5. The van der Waals surface area contributed by atoms with E-state index in [9.17, 15) is 4.79 Å². The number of aliphatic hydroxyl groups is 1. The molecule has 1 rings (SSSR count). The predicted molar refractivity (Wildman–Crippen MR) is 29.4 cm³/mol. The molecule has 1 N–H and O–H groups in total. The van der Waals surface area contributed by atoms with Crippen LogP contribution in [0.5, 0.6) is 0 Å². The van der Waals surface area contributed by atoms with Gasteiger partial charge in [0, 0.05) is 56.9 Å². The minimum atomic E-state index is -0.359. The minimum absolute atomic E-state index is 0. The van der Waals surface area contributed by atoms with Gasteiger partial charge < -0.3 is 5.11 Å². The first-order valence-electron chi connectivity index (χ1n) is 2.90. The van der Waals surface area contributed by atoms with Crippen molar-refractivity contribution in [2.75, 3.05) is 0 Å². The van der Waals surface area contributed by atoms with Gasteiger partial charge in [-0.15, -0.1) is 0 Å². The van der Waals surface area contributed by atoms with Gasteiger partial charge in [-0.25, -0.2) is 0 Å².